The van der Waals surface area contributed by atoms with E-state index in [0.29, 0.717) is 0 Å². The van der Waals surface area contributed by atoms with Crippen LogP contribution in [0.5, 0.6) is 0 Å². The Hall–Kier alpha value is -1.22. The summed E-state index contributed by atoms with van der Waals surface area (Å²) in [5.74, 6) is 0.767. The van der Waals surface area contributed by atoms with Crippen LogP contribution in [0.25, 0.3) is 11.4 Å². The summed E-state index contributed by atoms with van der Waals surface area (Å²) in [7, 11) is 0. The standard InChI is InChI=1S/C11H9BrN2/c1-8-7-9(3-4-10(8)12)11-13-5-2-6-14-11/h2-7H,1H3. The first-order chi connectivity index (χ1) is 6.77. The molecule has 0 fully saturated rings. The Morgan fingerprint density at radius 1 is 1.14 bits per heavy atom. The van der Waals surface area contributed by atoms with Gasteiger partial charge in [0.15, 0.2) is 5.82 Å². The predicted octanol–water partition coefficient (Wildman–Crippen LogP) is 3.21. The summed E-state index contributed by atoms with van der Waals surface area (Å²) in [4.78, 5) is 8.39. The fraction of sp³-hybridized carbons (Fsp3) is 0.0909. The van der Waals surface area contributed by atoms with Crippen LogP contribution in [-0.4, -0.2) is 9.97 Å². The number of benzene rings is 1. The average Bonchev–Trinajstić information content (AvgIpc) is 2.23. The number of aromatic nitrogens is 2. The third-order valence-corrected chi connectivity index (χ3v) is 2.87. The van der Waals surface area contributed by atoms with Crippen molar-refractivity contribution in [2.75, 3.05) is 0 Å². The number of aryl methyl sites for hydroxylation is 1. The van der Waals surface area contributed by atoms with Crippen molar-refractivity contribution in [3.63, 3.8) is 0 Å². The van der Waals surface area contributed by atoms with Gasteiger partial charge in [-0.05, 0) is 30.7 Å². The molecule has 70 valence electrons. The topological polar surface area (TPSA) is 25.8 Å². The van der Waals surface area contributed by atoms with Crippen molar-refractivity contribution >= 4 is 15.9 Å². The first-order valence-corrected chi connectivity index (χ1v) is 5.10. The van der Waals surface area contributed by atoms with Crippen LogP contribution in [-0.2, 0) is 0 Å². The van der Waals surface area contributed by atoms with Crippen molar-refractivity contribution in [1.29, 1.82) is 0 Å². The van der Waals surface area contributed by atoms with Crippen molar-refractivity contribution in [2.24, 2.45) is 0 Å². The third-order valence-electron chi connectivity index (χ3n) is 1.98. The SMILES string of the molecule is Cc1cc(-c2ncccn2)ccc1Br. The molecule has 0 saturated heterocycles. The number of halogens is 1. The molecule has 1 heterocycles. The van der Waals surface area contributed by atoms with E-state index in [1.54, 1.807) is 12.4 Å². The van der Waals surface area contributed by atoms with Crippen LogP contribution in [0.2, 0.25) is 0 Å². The zero-order chi connectivity index (χ0) is 9.97. The summed E-state index contributed by atoms with van der Waals surface area (Å²) < 4.78 is 1.11. The molecule has 0 unspecified atom stereocenters. The summed E-state index contributed by atoms with van der Waals surface area (Å²) in [5, 5.41) is 0. The van der Waals surface area contributed by atoms with E-state index in [1.807, 2.05) is 18.2 Å². The molecular weight excluding hydrogens is 240 g/mol. The number of hydrogen-bond acceptors (Lipinski definition) is 2. The highest BCUT2D eigenvalue weighted by molar-refractivity contribution is 9.10. The normalized spacial score (nSPS) is 10.1. The van der Waals surface area contributed by atoms with Gasteiger partial charge >= 0.3 is 0 Å². The maximum atomic E-state index is 4.19. The number of rotatable bonds is 1. The summed E-state index contributed by atoms with van der Waals surface area (Å²) in [6, 6.07) is 7.90. The molecule has 0 aliphatic rings. The smallest absolute Gasteiger partial charge is 0.159 e. The van der Waals surface area contributed by atoms with Gasteiger partial charge in [0.25, 0.3) is 0 Å². The van der Waals surface area contributed by atoms with Gasteiger partial charge in [-0.1, -0.05) is 22.0 Å². The van der Waals surface area contributed by atoms with Crippen molar-refractivity contribution in [3.8, 4) is 11.4 Å². The maximum Gasteiger partial charge on any atom is 0.159 e. The highest BCUT2D eigenvalue weighted by atomic mass is 79.9. The van der Waals surface area contributed by atoms with E-state index in [1.165, 1.54) is 5.56 Å². The molecule has 0 aliphatic carbocycles. The Morgan fingerprint density at radius 2 is 1.86 bits per heavy atom. The molecule has 0 atom stereocenters. The van der Waals surface area contributed by atoms with Crippen molar-refractivity contribution in [1.82, 2.24) is 9.97 Å². The number of nitrogens with zero attached hydrogens (tertiary/aromatic N) is 2. The average molecular weight is 249 g/mol. The molecular formula is C11H9BrN2. The lowest BCUT2D eigenvalue weighted by Crippen LogP contribution is -1.87. The van der Waals surface area contributed by atoms with E-state index < -0.39 is 0 Å². The van der Waals surface area contributed by atoms with Crippen molar-refractivity contribution in [2.45, 2.75) is 6.92 Å². The van der Waals surface area contributed by atoms with Crippen LogP contribution in [0, 0.1) is 6.92 Å². The largest absolute Gasteiger partial charge is 0.237 e. The van der Waals surface area contributed by atoms with Gasteiger partial charge in [0.05, 0.1) is 0 Å². The molecule has 2 aromatic rings. The molecule has 3 heteroatoms. The van der Waals surface area contributed by atoms with Crippen molar-refractivity contribution in [3.05, 3.63) is 46.7 Å². The van der Waals surface area contributed by atoms with Gasteiger partial charge in [0.2, 0.25) is 0 Å². The van der Waals surface area contributed by atoms with Gasteiger partial charge in [-0.2, -0.15) is 0 Å². The zero-order valence-electron chi connectivity index (χ0n) is 7.74. The Morgan fingerprint density at radius 3 is 2.50 bits per heavy atom. The van der Waals surface area contributed by atoms with E-state index >= 15 is 0 Å². The monoisotopic (exact) mass is 248 g/mol. The molecule has 0 amide bonds. The third kappa shape index (κ3) is 1.82. The lowest BCUT2D eigenvalue weighted by atomic mass is 10.1. The summed E-state index contributed by atoms with van der Waals surface area (Å²) in [6.45, 7) is 2.05. The second-order valence-corrected chi connectivity index (χ2v) is 3.89. The lowest BCUT2D eigenvalue weighted by Gasteiger charge is -2.02. The van der Waals surface area contributed by atoms with Gasteiger partial charge in [-0.3, -0.25) is 0 Å². The van der Waals surface area contributed by atoms with Gasteiger partial charge in [-0.15, -0.1) is 0 Å². The van der Waals surface area contributed by atoms with Crippen LogP contribution >= 0.6 is 15.9 Å². The Labute approximate surface area is 91.2 Å². The summed E-state index contributed by atoms with van der Waals surface area (Å²) in [6.07, 6.45) is 3.50. The second-order valence-electron chi connectivity index (χ2n) is 3.04. The minimum atomic E-state index is 0.767. The van der Waals surface area contributed by atoms with Gasteiger partial charge in [0.1, 0.15) is 0 Å². The maximum absolute atomic E-state index is 4.19. The van der Waals surface area contributed by atoms with E-state index in [9.17, 15) is 0 Å². The molecule has 0 aliphatic heterocycles. The Balaban J connectivity index is 2.48. The molecule has 0 saturated carbocycles. The Kier molecular flexibility index (Phi) is 2.59. The van der Waals surface area contributed by atoms with E-state index in [0.717, 1.165) is 15.9 Å². The molecule has 2 nitrogen and oxygen atoms in total. The minimum Gasteiger partial charge on any atom is -0.237 e. The fourth-order valence-corrected chi connectivity index (χ4v) is 1.48. The highest BCUT2D eigenvalue weighted by Gasteiger charge is 2.01. The molecule has 0 bridgehead atoms. The van der Waals surface area contributed by atoms with Gasteiger partial charge < -0.3 is 0 Å². The van der Waals surface area contributed by atoms with Crippen LogP contribution in [0.3, 0.4) is 0 Å². The van der Waals surface area contributed by atoms with Crippen LogP contribution < -0.4 is 0 Å². The molecule has 14 heavy (non-hydrogen) atoms. The van der Waals surface area contributed by atoms with Crippen LogP contribution in [0.4, 0.5) is 0 Å². The number of hydrogen-bond donors (Lipinski definition) is 0. The summed E-state index contributed by atoms with van der Waals surface area (Å²) >= 11 is 3.46. The molecule has 2 rings (SSSR count). The highest BCUT2D eigenvalue weighted by Crippen LogP contribution is 2.21. The van der Waals surface area contributed by atoms with E-state index in [4.69, 9.17) is 0 Å². The second kappa shape index (κ2) is 3.88. The first-order valence-electron chi connectivity index (χ1n) is 4.31. The van der Waals surface area contributed by atoms with Gasteiger partial charge in [0, 0.05) is 22.4 Å². The lowest BCUT2D eigenvalue weighted by molar-refractivity contribution is 1.17. The molecule has 1 aromatic heterocycles. The molecule has 0 radical (unpaired) electrons. The van der Waals surface area contributed by atoms with Crippen molar-refractivity contribution < 1.29 is 0 Å². The summed E-state index contributed by atoms with van der Waals surface area (Å²) in [5.41, 5.74) is 2.24. The molecule has 0 N–H and O–H groups in total. The molecule has 0 spiro atoms. The van der Waals surface area contributed by atoms with Crippen LogP contribution in [0.1, 0.15) is 5.56 Å². The van der Waals surface area contributed by atoms with Gasteiger partial charge in [-0.25, -0.2) is 9.97 Å². The Bertz CT molecular complexity index is 440. The van der Waals surface area contributed by atoms with Crippen LogP contribution in [0.15, 0.2) is 41.1 Å². The molecule has 1 aromatic carbocycles. The minimum absolute atomic E-state index is 0.767. The fourth-order valence-electron chi connectivity index (χ4n) is 1.23. The van der Waals surface area contributed by atoms with E-state index in [-0.39, 0.29) is 0 Å². The predicted molar refractivity (Wildman–Crippen MR) is 59.9 cm³/mol. The van der Waals surface area contributed by atoms with E-state index in [2.05, 4.69) is 38.9 Å². The zero-order valence-corrected chi connectivity index (χ0v) is 9.32. The quantitative estimate of drug-likeness (QED) is 0.775. The first kappa shape index (κ1) is 9.34.